The second-order valence-corrected chi connectivity index (χ2v) is 4.95. The van der Waals surface area contributed by atoms with Crippen LogP contribution in [0.4, 0.5) is 13.2 Å². The maximum atomic E-state index is 13.0. The molecule has 0 heterocycles. The lowest BCUT2D eigenvalue weighted by Gasteiger charge is -2.27. The van der Waals surface area contributed by atoms with Crippen LogP contribution in [-0.4, -0.2) is 11.7 Å². The normalized spacial score (nSPS) is 19.8. The Morgan fingerprint density at radius 3 is 2.44 bits per heavy atom. The molecule has 1 saturated carbocycles. The van der Waals surface area contributed by atoms with Crippen LogP contribution in [-0.2, 0) is 0 Å². The summed E-state index contributed by atoms with van der Waals surface area (Å²) in [4.78, 5) is 12.2. The highest BCUT2D eigenvalue weighted by Gasteiger charge is 2.37. The van der Waals surface area contributed by atoms with Crippen LogP contribution in [0.5, 0.6) is 0 Å². The molecule has 0 aliphatic heterocycles. The minimum absolute atomic E-state index is 0.136. The zero-order valence-electron chi connectivity index (χ0n) is 10.2. The van der Waals surface area contributed by atoms with E-state index in [-0.39, 0.29) is 43.2 Å². The molecule has 1 aromatic carbocycles. The van der Waals surface area contributed by atoms with Crippen molar-refractivity contribution in [2.45, 2.75) is 38.5 Å². The van der Waals surface area contributed by atoms with E-state index in [1.807, 2.05) is 0 Å². The summed E-state index contributed by atoms with van der Waals surface area (Å²) in [6.45, 7) is 1.66. The molecule has 4 heteroatoms. The van der Waals surface area contributed by atoms with Crippen molar-refractivity contribution in [1.29, 1.82) is 0 Å². The first-order valence-corrected chi connectivity index (χ1v) is 6.07. The van der Waals surface area contributed by atoms with Gasteiger partial charge in [0.05, 0.1) is 0 Å². The Bertz CT molecular complexity index is 458. The highest BCUT2D eigenvalue weighted by atomic mass is 19.3. The van der Waals surface area contributed by atoms with Crippen LogP contribution < -0.4 is 0 Å². The first kappa shape index (κ1) is 13.1. The summed E-state index contributed by atoms with van der Waals surface area (Å²) in [5.41, 5.74) is 1.02. The fraction of sp³-hybridized carbons (Fsp3) is 0.500. The van der Waals surface area contributed by atoms with Gasteiger partial charge in [-0.05, 0) is 43.5 Å². The van der Waals surface area contributed by atoms with Gasteiger partial charge in [0.25, 0.3) is 0 Å². The van der Waals surface area contributed by atoms with Crippen LogP contribution in [0, 0.1) is 18.7 Å². The summed E-state index contributed by atoms with van der Waals surface area (Å²) in [5.74, 6) is -3.51. The first-order valence-electron chi connectivity index (χ1n) is 6.07. The molecule has 0 unspecified atom stereocenters. The number of alkyl halides is 2. The summed E-state index contributed by atoms with van der Waals surface area (Å²) in [6.07, 6.45) is -0.0431. The Labute approximate surface area is 104 Å². The van der Waals surface area contributed by atoms with E-state index < -0.39 is 5.92 Å². The second kappa shape index (κ2) is 4.75. The maximum Gasteiger partial charge on any atom is 0.248 e. The minimum atomic E-state index is -2.63. The average Bonchev–Trinajstić information content (AvgIpc) is 2.28. The molecule has 0 amide bonds. The lowest BCUT2D eigenvalue weighted by Crippen LogP contribution is -2.29. The molecule has 1 aliphatic rings. The lowest BCUT2D eigenvalue weighted by molar-refractivity contribution is -0.0424. The van der Waals surface area contributed by atoms with Gasteiger partial charge in [-0.15, -0.1) is 0 Å². The second-order valence-electron chi connectivity index (χ2n) is 4.95. The molecule has 1 aromatic rings. The number of carbonyl (C=O) groups excluding carboxylic acids is 1. The van der Waals surface area contributed by atoms with Gasteiger partial charge in [0.1, 0.15) is 5.82 Å². The van der Waals surface area contributed by atoms with Crippen molar-refractivity contribution in [1.82, 2.24) is 0 Å². The molecule has 0 saturated heterocycles. The highest BCUT2D eigenvalue weighted by molar-refractivity contribution is 5.99. The number of halogens is 3. The fourth-order valence-corrected chi connectivity index (χ4v) is 2.43. The lowest BCUT2D eigenvalue weighted by atomic mass is 9.81. The van der Waals surface area contributed by atoms with Crippen LogP contribution in [0.25, 0.3) is 0 Å². The SMILES string of the molecule is Cc1cc(F)ccc1C(=O)C1CCC(F)(F)CC1. The zero-order valence-corrected chi connectivity index (χ0v) is 10.2. The van der Waals surface area contributed by atoms with Gasteiger partial charge in [-0.1, -0.05) is 0 Å². The number of benzene rings is 1. The monoisotopic (exact) mass is 256 g/mol. The van der Waals surface area contributed by atoms with Crippen molar-refractivity contribution in [3.05, 3.63) is 35.1 Å². The van der Waals surface area contributed by atoms with Gasteiger partial charge >= 0.3 is 0 Å². The molecule has 2 rings (SSSR count). The van der Waals surface area contributed by atoms with E-state index in [1.54, 1.807) is 6.92 Å². The molecular formula is C14H15F3O. The van der Waals surface area contributed by atoms with Crippen LogP contribution in [0.3, 0.4) is 0 Å². The molecule has 1 fully saturated rings. The van der Waals surface area contributed by atoms with Crippen LogP contribution in [0.2, 0.25) is 0 Å². The quantitative estimate of drug-likeness (QED) is 0.727. The predicted octanol–water partition coefficient (Wildman–Crippen LogP) is 4.14. The van der Waals surface area contributed by atoms with Crippen molar-refractivity contribution in [3.63, 3.8) is 0 Å². The number of hydrogen-bond acceptors (Lipinski definition) is 1. The third-order valence-corrected chi connectivity index (χ3v) is 3.54. The van der Waals surface area contributed by atoms with Gasteiger partial charge in [-0.2, -0.15) is 0 Å². The van der Waals surface area contributed by atoms with E-state index in [4.69, 9.17) is 0 Å². The zero-order chi connectivity index (χ0) is 13.3. The summed E-state index contributed by atoms with van der Waals surface area (Å²) < 4.78 is 39.0. The average molecular weight is 256 g/mol. The Balaban J connectivity index is 2.13. The third kappa shape index (κ3) is 2.74. The summed E-state index contributed by atoms with van der Waals surface area (Å²) >= 11 is 0. The van der Waals surface area contributed by atoms with Crippen molar-refractivity contribution < 1.29 is 18.0 Å². The standard InChI is InChI=1S/C14H15F3O/c1-9-8-11(15)2-3-12(9)13(18)10-4-6-14(16,17)7-5-10/h2-3,8,10H,4-7H2,1H3. The summed E-state index contributed by atoms with van der Waals surface area (Å²) in [6, 6.07) is 3.97. The molecule has 1 nitrogen and oxygen atoms in total. The topological polar surface area (TPSA) is 17.1 Å². The summed E-state index contributed by atoms with van der Waals surface area (Å²) in [7, 11) is 0. The molecule has 0 atom stereocenters. The van der Waals surface area contributed by atoms with Crippen molar-refractivity contribution in [2.24, 2.45) is 5.92 Å². The number of ketones is 1. The van der Waals surface area contributed by atoms with E-state index >= 15 is 0 Å². The van der Waals surface area contributed by atoms with Gasteiger partial charge in [0, 0.05) is 24.3 Å². The van der Waals surface area contributed by atoms with Gasteiger partial charge < -0.3 is 0 Å². The molecule has 0 spiro atoms. The molecule has 98 valence electrons. The highest BCUT2D eigenvalue weighted by Crippen LogP contribution is 2.37. The van der Waals surface area contributed by atoms with Crippen molar-refractivity contribution in [3.8, 4) is 0 Å². The van der Waals surface area contributed by atoms with Crippen LogP contribution in [0.1, 0.15) is 41.6 Å². The van der Waals surface area contributed by atoms with E-state index in [2.05, 4.69) is 0 Å². The molecule has 1 aliphatic carbocycles. The number of rotatable bonds is 2. The van der Waals surface area contributed by atoms with Gasteiger partial charge in [-0.25, -0.2) is 13.2 Å². The molecule has 18 heavy (non-hydrogen) atoms. The smallest absolute Gasteiger partial charge is 0.248 e. The van der Waals surface area contributed by atoms with E-state index in [1.165, 1.54) is 18.2 Å². The maximum absolute atomic E-state index is 13.0. The fourth-order valence-electron chi connectivity index (χ4n) is 2.43. The Hall–Kier alpha value is -1.32. The number of aryl methyl sites for hydroxylation is 1. The van der Waals surface area contributed by atoms with E-state index in [0.717, 1.165) is 0 Å². The van der Waals surface area contributed by atoms with Gasteiger partial charge in [0.2, 0.25) is 5.92 Å². The molecular weight excluding hydrogens is 241 g/mol. The predicted molar refractivity (Wildman–Crippen MR) is 62.4 cm³/mol. The van der Waals surface area contributed by atoms with Crippen molar-refractivity contribution >= 4 is 5.78 Å². The molecule has 0 bridgehead atoms. The molecule has 0 aromatic heterocycles. The largest absolute Gasteiger partial charge is 0.294 e. The van der Waals surface area contributed by atoms with Gasteiger partial charge in [-0.3, -0.25) is 4.79 Å². The minimum Gasteiger partial charge on any atom is -0.294 e. The van der Waals surface area contributed by atoms with Gasteiger partial charge in [0.15, 0.2) is 5.78 Å². The Morgan fingerprint density at radius 2 is 1.89 bits per heavy atom. The molecule has 0 radical (unpaired) electrons. The van der Waals surface area contributed by atoms with E-state index in [0.29, 0.717) is 11.1 Å². The van der Waals surface area contributed by atoms with Crippen LogP contribution >= 0.6 is 0 Å². The van der Waals surface area contributed by atoms with E-state index in [9.17, 15) is 18.0 Å². The van der Waals surface area contributed by atoms with Crippen molar-refractivity contribution in [2.75, 3.05) is 0 Å². The third-order valence-electron chi connectivity index (χ3n) is 3.54. The Kier molecular flexibility index (Phi) is 3.46. The Morgan fingerprint density at radius 1 is 1.28 bits per heavy atom. The number of carbonyl (C=O) groups is 1. The molecule has 0 N–H and O–H groups in total. The number of Topliss-reactive ketones (excluding diaryl/α,β-unsaturated/α-hetero) is 1. The first-order chi connectivity index (χ1) is 8.39. The number of hydrogen-bond donors (Lipinski definition) is 0. The summed E-state index contributed by atoms with van der Waals surface area (Å²) in [5, 5.41) is 0. The van der Waals surface area contributed by atoms with Crippen LogP contribution in [0.15, 0.2) is 18.2 Å².